The van der Waals surface area contributed by atoms with Crippen molar-refractivity contribution in [3.05, 3.63) is 42.4 Å². The number of carbonyl (C=O) groups excluding carboxylic acids is 1. The molecule has 0 aliphatic carbocycles. The van der Waals surface area contributed by atoms with Crippen molar-refractivity contribution in [2.24, 2.45) is 0 Å². The Hall–Kier alpha value is -2.28. The number of amides is 1. The molecule has 1 fully saturated rings. The Bertz CT molecular complexity index is 923. The minimum atomic E-state index is 0.190. The maximum Gasteiger partial charge on any atom is 0.233 e. The number of hydrogen-bond acceptors (Lipinski definition) is 4. The van der Waals surface area contributed by atoms with Crippen LogP contribution in [0.25, 0.3) is 10.9 Å². The molecule has 3 heterocycles. The normalized spacial score (nSPS) is 15.7. The fraction of sp³-hybridized carbons (Fsp3) is 0.450. The van der Waals surface area contributed by atoms with Gasteiger partial charge in [0.2, 0.25) is 5.91 Å². The van der Waals surface area contributed by atoms with E-state index in [1.54, 1.807) is 6.33 Å². The number of aromatic nitrogens is 4. The summed E-state index contributed by atoms with van der Waals surface area (Å²) in [6.45, 7) is 5.82. The fourth-order valence-electron chi connectivity index (χ4n) is 3.78. The highest BCUT2D eigenvalue weighted by Crippen LogP contribution is 2.33. The van der Waals surface area contributed by atoms with Gasteiger partial charge in [-0.1, -0.05) is 30.0 Å². The molecule has 1 N–H and O–H groups in total. The molecule has 4 rings (SSSR count). The van der Waals surface area contributed by atoms with Crippen LogP contribution in [0.4, 0.5) is 0 Å². The summed E-state index contributed by atoms with van der Waals surface area (Å²) in [5.41, 5.74) is 2.58. The van der Waals surface area contributed by atoms with Crippen molar-refractivity contribution in [3.63, 3.8) is 0 Å². The molecule has 1 amide bonds. The largest absolute Gasteiger partial charge is 0.361 e. The van der Waals surface area contributed by atoms with E-state index < -0.39 is 0 Å². The van der Waals surface area contributed by atoms with Gasteiger partial charge in [-0.15, -0.1) is 10.2 Å². The molecule has 0 spiro atoms. The molecule has 1 aliphatic heterocycles. The number of likely N-dealkylation sites (tertiary alicyclic amines) is 1. The highest BCUT2D eigenvalue weighted by atomic mass is 32.2. The summed E-state index contributed by atoms with van der Waals surface area (Å²) in [7, 11) is 0. The van der Waals surface area contributed by atoms with Gasteiger partial charge in [-0.25, -0.2) is 0 Å². The minimum Gasteiger partial charge on any atom is -0.361 e. The second kappa shape index (κ2) is 7.76. The third-order valence-corrected chi connectivity index (χ3v) is 6.27. The second-order valence-corrected chi connectivity index (χ2v) is 8.29. The molecule has 2 aromatic heterocycles. The molecule has 0 saturated carbocycles. The minimum absolute atomic E-state index is 0.190. The van der Waals surface area contributed by atoms with Crippen molar-refractivity contribution in [2.75, 3.05) is 18.8 Å². The van der Waals surface area contributed by atoms with E-state index in [4.69, 9.17) is 0 Å². The molecule has 142 valence electrons. The molecule has 1 saturated heterocycles. The lowest BCUT2D eigenvalue weighted by Crippen LogP contribution is -2.39. The maximum atomic E-state index is 12.6. The van der Waals surface area contributed by atoms with Crippen LogP contribution in [0.3, 0.4) is 0 Å². The molecule has 0 unspecified atom stereocenters. The number of H-pyrrole nitrogens is 1. The molecule has 6 nitrogen and oxygen atoms in total. The Morgan fingerprint density at radius 3 is 2.85 bits per heavy atom. The summed E-state index contributed by atoms with van der Waals surface area (Å²) < 4.78 is 2.00. The Labute approximate surface area is 163 Å². The van der Waals surface area contributed by atoms with E-state index in [1.165, 1.54) is 28.2 Å². The Balaban J connectivity index is 1.33. The van der Waals surface area contributed by atoms with Gasteiger partial charge in [0.05, 0.1) is 5.75 Å². The zero-order valence-electron chi connectivity index (χ0n) is 15.8. The van der Waals surface area contributed by atoms with Crippen LogP contribution < -0.4 is 0 Å². The Kier molecular flexibility index (Phi) is 5.20. The van der Waals surface area contributed by atoms with Crippen molar-refractivity contribution in [3.8, 4) is 0 Å². The van der Waals surface area contributed by atoms with E-state index in [-0.39, 0.29) is 5.91 Å². The van der Waals surface area contributed by atoms with E-state index >= 15 is 0 Å². The molecule has 1 aromatic carbocycles. The number of rotatable bonds is 5. The van der Waals surface area contributed by atoms with Crippen LogP contribution in [0.1, 0.15) is 44.2 Å². The molecule has 3 aromatic rings. The van der Waals surface area contributed by atoms with Gasteiger partial charge < -0.3 is 14.5 Å². The zero-order valence-corrected chi connectivity index (χ0v) is 16.6. The number of fused-ring (bicyclic) bond motifs is 1. The maximum absolute atomic E-state index is 12.6. The van der Waals surface area contributed by atoms with Crippen molar-refractivity contribution in [2.45, 2.75) is 43.8 Å². The van der Waals surface area contributed by atoms with Crippen LogP contribution in [0.5, 0.6) is 0 Å². The summed E-state index contributed by atoms with van der Waals surface area (Å²) in [4.78, 5) is 18.0. The molecular formula is C20H25N5OS. The van der Waals surface area contributed by atoms with Crippen LogP contribution in [0.2, 0.25) is 0 Å². The topological polar surface area (TPSA) is 66.8 Å². The van der Waals surface area contributed by atoms with Gasteiger partial charge >= 0.3 is 0 Å². The van der Waals surface area contributed by atoms with Crippen LogP contribution in [0.15, 0.2) is 41.9 Å². The smallest absolute Gasteiger partial charge is 0.233 e. The number of thioether (sulfide) groups is 1. The first-order valence-electron chi connectivity index (χ1n) is 9.49. The highest BCUT2D eigenvalue weighted by Gasteiger charge is 2.25. The van der Waals surface area contributed by atoms with E-state index in [9.17, 15) is 4.79 Å². The molecule has 7 heteroatoms. The van der Waals surface area contributed by atoms with Gasteiger partial charge in [-0.2, -0.15) is 0 Å². The molecule has 1 aliphatic rings. The van der Waals surface area contributed by atoms with E-state index in [0.29, 0.717) is 17.7 Å². The predicted molar refractivity (Wildman–Crippen MR) is 108 cm³/mol. The Morgan fingerprint density at radius 1 is 1.30 bits per heavy atom. The molecule has 0 atom stereocenters. The number of hydrogen-bond donors (Lipinski definition) is 1. The lowest BCUT2D eigenvalue weighted by molar-refractivity contribution is -0.129. The first kappa shape index (κ1) is 18.1. The van der Waals surface area contributed by atoms with Crippen LogP contribution in [-0.4, -0.2) is 49.4 Å². The predicted octanol–water partition coefficient (Wildman–Crippen LogP) is 3.84. The number of nitrogens with zero attached hydrogens (tertiary/aromatic N) is 4. The summed E-state index contributed by atoms with van der Waals surface area (Å²) in [6, 6.07) is 8.74. The Morgan fingerprint density at radius 2 is 2.07 bits per heavy atom. The van der Waals surface area contributed by atoms with Crippen molar-refractivity contribution >= 4 is 28.6 Å². The van der Waals surface area contributed by atoms with Gasteiger partial charge in [0.25, 0.3) is 0 Å². The van der Waals surface area contributed by atoms with Crippen LogP contribution in [0, 0.1) is 0 Å². The number of aromatic amines is 1. The van der Waals surface area contributed by atoms with Crippen molar-refractivity contribution < 1.29 is 4.79 Å². The number of piperidine rings is 1. The number of para-hydroxylation sites is 1. The van der Waals surface area contributed by atoms with Crippen molar-refractivity contribution in [1.82, 2.24) is 24.6 Å². The highest BCUT2D eigenvalue weighted by molar-refractivity contribution is 7.99. The van der Waals surface area contributed by atoms with Gasteiger partial charge in [0.1, 0.15) is 6.33 Å². The van der Waals surface area contributed by atoms with Gasteiger partial charge in [-0.3, -0.25) is 4.79 Å². The second-order valence-electron chi connectivity index (χ2n) is 7.35. The zero-order chi connectivity index (χ0) is 18.8. The lowest BCUT2D eigenvalue weighted by Gasteiger charge is -2.32. The first-order valence-corrected chi connectivity index (χ1v) is 10.5. The number of benzene rings is 1. The quantitative estimate of drug-likeness (QED) is 0.680. The van der Waals surface area contributed by atoms with Gasteiger partial charge in [0.15, 0.2) is 5.16 Å². The van der Waals surface area contributed by atoms with Gasteiger partial charge in [-0.05, 0) is 44.2 Å². The summed E-state index contributed by atoms with van der Waals surface area (Å²) in [5.74, 6) is 1.13. The standard InChI is InChI=1S/C20H25N5OS/c1-14(2)25-13-22-23-20(25)27-12-19(26)24-9-7-15(8-10-24)17-11-21-18-6-4-3-5-16(17)18/h3-6,11,13-15,21H,7-10,12H2,1-2H3. The first-order chi connectivity index (χ1) is 13.1. The monoisotopic (exact) mass is 383 g/mol. The summed E-state index contributed by atoms with van der Waals surface area (Å²) in [5, 5.41) is 10.2. The molecule has 0 bridgehead atoms. The van der Waals surface area contributed by atoms with E-state index in [2.05, 4.69) is 59.5 Å². The van der Waals surface area contributed by atoms with E-state index in [0.717, 1.165) is 31.1 Å². The number of carbonyl (C=O) groups is 1. The van der Waals surface area contributed by atoms with Crippen LogP contribution in [-0.2, 0) is 4.79 Å². The average molecular weight is 384 g/mol. The number of nitrogens with one attached hydrogen (secondary N) is 1. The lowest BCUT2D eigenvalue weighted by atomic mass is 9.89. The third-order valence-electron chi connectivity index (χ3n) is 5.33. The van der Waals surface area contributed by atoms with Crippen molar-refractivity contribution in [1.29, 1.82) is 0 Å². The van der Waals surface area contributed by atoms with Gasteiger partial charge in [0, 0.05) is 36.2 Å². The fourth-order valence-corrected chi connectivity index (χ4v) is 4.73. The summed E-state index contributed by atoms with van der Waals surface area (Å²) >= 11 is 1.48. The average Bonchev–Trinajstić information content (AvgIpc) is 3.33. The van der Waals surface area contributed by atoms with Crippen LogP contribution >= 0.6 is 11.8 Å². The van der Waals surface area contributed by atoms with E-state index in [1.807, 2.05) is 9.47 Å². The summed E-state index contributed by atoms with van der Waals surface area (Å²) in [6.07, 6.45) is 5.90. The SMILES string of the molecule is CC(C)n1cnnc1SCC(=O)N1CCC(c2c[nH]c3ccccc23)CC1. The molecular weight excluding hydrogens is 358 g/mol. The molecule has 0 radical (unpaired) electrons. The molecule has 27 heavy (non-hydrogen) atoms. The third kappa shape index (κ3) is 3.74.